The molecule has 8 heteroatoms. The maximum absolute atomic E-state index is 11.7. The molecular weight excluding hydrogens is 390 g/mol. The van der Waals surface area contributed by atoms with Crippen LogP contribution in [0.5, 0.6) is 11.5 Å². The van der Waals surface area contributed by atoms with Crippen molar-refractivity contribution in [3.05, 3.63) is 62.1 Å². The SMILES string of the molecule is O=C(CCOc1ccc([N+](=O)[O-])cc1)Oc1ccc(Cl)cc1Br. The number of carbonyl (C=O) groups excluding carboxylic acids is 1. The van der Waals surface area contributed by atoms with Crippen molar-refractivity contribution >= 4 is 39.2 Å². The molecule has 2 aromatic carbocycles. The first-order valence-electron chi connectivity index (χ1n) is 6.48. The summed E-state index contributed by atoms with van der Waals surface area (Å²) in [7, 11) is 0. The molecule has 0 aliphatic heterocycles. The summed E-state index contributed by atoms with van der Waals surface area (Å²) >= 11 is 9.05. The van der Waals surface area contributed by atoms with Crippen LogP contribution in [0.1, 0.15) is 6.42 Å². The molecule has 23 heavy (non-hydrogen) atoms. The van der Waals surface area contributed by atoms with Gasteiger partial charge in [0.1, 0.15) is 11.5 Å². The largest absolute Gasteiger partial charge is 0.493 e. The van der Waals surface area contributed by atoms with Gasteiger partial charge in [0.25, 0.3) is 5.69 Å². The van der Waals surface area contributed by atoms with Crippen molar-refractivity contribution in [3.63, 3.8) is 0 Å². The van der Waals surface area contributed by atoms with Gasteiger partial charge < -0.3 is 9.47 Å². The summed E-state index contributed by atoms with van der Waals surface area (Å²) in [4.78, 5) is 21.8. The molecule has 120 valence electrons. The highest BCUT2D eigenvalue weighted by Crippen LogP contribution is 2.28. The van der Waals surface area contributed by atoms with E-state index < -0.39 is 10.9 Å². The number of esters is 1. The number of ether oxygens (including phenoxy) is 2. The van der Waals surface area contributed by atoms with Gasteiger partial charge in [-0.2, -0.15) is 0 Å². The van der Waals surface area contributed by atoms with Gasteiger partial charge in [-0.3, -0.25) is 14.9 Å². The standard InChI is InChI=1S/C15H11BrClNO5/c16-13-9-10(17)1-6-14(13)23-15(19)7-8-22-12-4-2-11(3-5-12)18(20)21/h1-6,9H,7-8H2. The Balaban J connectivity index is 1.81. The van der Waals surface area contributed by atoms with Crippen LogP contribution in [0.2, 0.25) is 5.02 Å². The first-order chi connectivity index (χ1) is 11.0. The van der Waals surface area contributed by atoms with Crippen molar-refractivity contribution in [2.45, 2.75) is 6.42 Å². The molecule has 2 aromatic rings. The number of carbonyl (C=O) groups is 1. The normalized spacial score (nSPS) is 10.2. The molecule has 0 aromatic heterocycles. The fourth-order valence-corrected chi connectivity index (χ4v) is 2.41. The second-order valence-electron chi connectivity index (χ2n) is 4.40. The zero-order valence-corrected chi connectivity index (χ0v) is 14.0. The molecule has 0 unspecified atom stereocenters. The third-order valence-electron chi connectivity index (χ3n) is 2.74. The molecule has 0 fully saturated rings. The third kappa shape index (κ3) is 5.22. The van der Waals surface area contributed by atoms with Crippen LogP contribution in [0.3, 0.4) is 0 Å². The maximum atomic E-state index is 11.7. The molecule has 0 spiro atoms. The van der Waals surface area contributed by atoms with Crippen LogP contribution in [-0.4, -0.2) is 17.5 Å². The molecule has 6 nitrogen and oxygen atoms in total. The van der Waals surface area contributed by atoms with Gasteiger partial charge in [-0.15, -0.1) is 0 Å². The minimum atomic E-state index is -0.495. The van der Waals surface area contributed by atoms with Gasteiger partial charge in [-0.05, 0) is 46.3 Å². The predicted octanol–water partition coefficient (Wildman–Crippen LogP) is 4.39. The molecule has 0 atom stereocenters. The molecule has 2 rings (SSSR count). The van der Waals surface area contributed by atoms with Crippen LogP contribution in [0, 0.1) is 10.1 Å². The van der Waals surface area contributed by atoms with Gasteiger partial charge in [-0.1, -0.05) is 11.6 Å². The zero-order chi connectivity index (χ0) is 16.8. The Bertz CT molecular complexity index is 720. The van der Waals surface area contributed by atoms with Crippen LogP contribution in [-0.2, 0) is 4.79 Å². The van der Waals surface area contributed by atoms with Crippen molar-refractivity contribution in [1.82, 2.24) is 0 Å². The Kier molecular flexibility index (Phi) is 5.95. The maximum Gasteiger partial charge on any atom is 0.314 e. The van der Waals surface area contributed by atoms with E-state index in [-0.39, 0.29) is 18.7 Å². The lowest BCUT2D eigenvalue weighted by Gasteiger charge is -2.08. The Hall–Kier alpha value is -2.12. The second-order valence-corrected chi connectivity index (χ2v) is 5.69. The summed E-state index contributed by atoms with van der Waals surface area (Å²) in [5.74, 6) is 0.348. The van der Waals surface area contributed by atoms with Crippen molar-refractivity contribution in [1.29, 1.82) is 0 Å². The number of rotatable bonds is 6. The van der Waals surface area contributed by atoms with Crippen molar-refractivity contribution in [2.24, 2.45) is 0 Å². The first-order valence-corrected chi connectivity index (χ1v) is 7.66. The van der Waals surface area contributed by atoms with Gasteiger partial charge in [0.15, 0.2) is 0 Å². The number of nitro benzene ring substituents is 1. The summed E-state index contributed by atoms with van der Waals surface area (Å²) in [6.45, 7) is 0.0991. The highest BCUT2D eigenvalue weighted by atomic mass is 79.9. The molecule has 0 radical (unpaired) electrons. The molecule has 0 aliphatic rings. The molecule has 0 aliphatic carbocycles. The average molecular weight is 401 g/mol. The topological polar surface area (TPSA) is 78.7 Å². The van der Waals surface area contributed by atoms with E-state index >= 15 is 0 Å². The Morgan fingerprint density at radius 2 is 1.91 bits per heavy atom. The highest BCUT2D eigenvalue weighted by molar-refractivity contribution is 9.10. The molecule has 0 N–H and O–H groups in total. The number of hydrogen-bond donors (Lipinski definition) is 0. The molecule has 0 amide bonds. The molecule has 0 saturated carbocycles. The van der Waals surface area contributed by atoms with Crippen LogP contribution in [0.15, 0.2) is 46.9 Å². The van der Waals surface area contributed by atoms with Gasteiger partial charge in [-0.25, -0.2) is 0 Å². The van der Waals surface area contributed by atoms with E-state index in [4.69, 9.17) is 21.1 Å². The van der Waals surface area contributed by atoms with Crippen molar-refractivity contribution in [3.8, 4) is 11.5 Å². The highest BCUT2D eigenvalue weighted by Gasteiger charge is 2.09. The van der Waals surface area contributed by atoms with Gasteiger partial charge >= 0.3 is 5.97 Å². The van der Waals surface area contributed by atoms with E-state index in [1.165, 1.54) is 24.3 Å². The number of halogens is 2. The molecule has 0 bridgehead atoms. The molecule has 0 heterocycles. The Morgan fingerprint density at radius 1 is 1.22 bits per heavy atom. The number of benzene rings is 2. The van der Waals surface area contributed by atoms with Gasteiger partial charge in [0.2, 0.25) is 0 Å². The van der Waals surface area contributed by atoms with Gasteiger partial charge in [0.05, 0.1) is 22.4 Å². The zero-order valence-electron chi connectivity index (χ0n) is 11.7. The first kappa shape index (κ1) is 17.2. The lowest BCUT2D eigenvalue weighted by atomic mass is 10.3. The number of non-ortho nitro benzene ring substituents is 1. The minimum absolute atomic E-state index is 0.0238. The second kappa shape index (κ2) is 7.94. The quantitative estimate of drug-likeness (QED) is 0.311. The minimum Gasteiger partial charge on any atom is -0.493 e. The van der Waals surface area contributed by atoms with Crippen LogP contribution in [0.4, 0.5) is 5.69 Å². The number of hydrogen-bond acceptors (Lipinski definition) is 5. The van der Waals surface area contributed by atoms with E-state index in [0.29, 0.717) is 21.0 Å². The fraction of sp³-hybridized carbons (Fsp3) is 0.133. The Morgan fingerprint density at radius 3 is 2.52 bits per heavy atom. The van der Waals surface area contributed by atoms with Crippen molar-refractivity contribution < 1.29 is 19.2 Å². The van der Waals surface area contributed by atoms with Crippen LogP contribution >= 0.6 is 27.5 Å². The van der Waals surface area contributed by atoms with E-state index in [1.807, 2.05) is 0 Å². The lowest BCUT2D eigenvalue weighted by Crippen LogP contribution is -2.12. The van der Waals surface area contributed by atoms with Crippen LogP contribution < -0.4 is 9.47 Å². The lowest BCUT2D eigenvalue weighted by molar-refractivity contribution is -0.384. The predicted molar refractivity (Wildman–Crippen MR) is 88.0 cm³/mol. The third-order valence-corrected chi connectivity index (χ3v) is 3.59. The summed E-state index contributed by atoms with van der Waals surface area (Å²) in [6, 6.07) is 10.4. The van der Waals surface area contributed by atoms with Crippen molar-refractivity contribution in [2.75, 3.05) is 6.61 Å². The van der Waals surface area contributed by atoms with E-state index in [9.17, 15) is 14.9 Å². The monoisotopic (exact) mass is 399 g/mol. The van der Waals surface area contributed by atoms with Gasteiger partial charge in [0, 0.05) is 17.2 Å². The number of nitrogens with zero attached hydrogens (tertiary/aromatic N) is 1. The Labute approximate surface area is 145 Å². The van der Waals surface area contributed by atoms with Crippen LogP contribution in [0.25, 0.3) is 0 Å². The summed E-state index contributed by atoms with van der Waals surface area (Å²) < 4.78 is 11.1. The number of nitro groups is 1. The van der Waals surface area contributed by atoms with E-state index in [1.54, 1.807) is 18.2 Å². The molecule has 0 saturated heterocycles. The average Bonchev–Trinajstić information content (AvgIpc) is 2.50. The summed E-state index contributed by atoms with van der Waals surface area (Å²) in [5.41, 5.74) is -0.0238. The van der Waals surface area contributed by atoms with E-state index in [2.05, 4.69) is 15.9 Å². The summed E-state index contributed by atoms with van der Waals surface area (Å²) in [6.07, 6.45) is 0.0338. The molecular formula is C15H11BrClNO5. The van der Waals surface area contributed by atoms with E-state index in [0.717, 1.165) is 0 Å². The smallest absolute Gasteiger partial charge is 0.314 e. The summed E-state index contributed by atoms with van der Waals surface area (Å²) in [5, 5.41) is 11.1. The fourth-order valence-electron chi connectivity index (χ4n) is 1.65.